The normalized spacial score (nSPS) is 32.5. The Labute approximate surface area is 165 Å². The number of rotatable bonds is 3. The van der Waals surface area contributed by atoms with Gasteiger partial charge >= 0.3 is 0 Å². The average molecular weight is 377 g/mol. The van der Waals surface area contributed by atoms with Crippen molar-refractivity contribution in [1.82, 2.24) is 25.5 Å². The van der Waals surface area contributed by atoms with Crippen molar-refractivity contribution in [3.8, 4) is 11.4 Å². The number of piperidine rings is 1. The van der Waals surface area contributed by atoms with Gasteiger partial charge in [-0.3, -0.25) is 9.69 Å². The molecule has 6 nitrogen and oxygen atoms in total. The molecule has 3 atom stereocenters. The molecule has 0 spiro atoms. The Morgan fingerprint density at radius 2 is 2.07 bits per heavy atom. The zero-order valence-corrected chi connectivity index (χ0v) is 16.2. The Bertz CT molecular complexity index is 906. The number of aromatic nitrogens is 4. The lowest BCUT2D eigenvalue weighted by Gasteiger charge is -2.58. The summed E-state index contributed by atoms with van der Waals surface area (Å²) in [5.41, 5.74) is 3.34. The highest BCUT2D eigenvalue weighted by molar-refractivity contribution is 6.04. The average Bonchev–Trinajstić information content (AvgIpc) is 3.23. The van der Waals surface area contributed by atoms with E-state index in [4.69, 9.17) is 0 Å². The van der Waals surface area contributed by atoms with Crippen molar-refractivity contribution in [2.24, 2.45) is 11.8 Å². The van der Waals surface area contributed by atoms with E-state index in [1.807, 2.05) is 12.1 Å². The monoisotopic (exact) mass is 377 g/mol. The maximum Gasteiger partial charge on any atom is 0.204 e. The third-order valence-corrected chi connectivity index (χ3v) is 8.13. The number of likely N-dealkylation sites (tertiary alicyclic amines) is 1. The van der Waals surface area contributed by atoms with E-state index in [0.717, 1.165) is 30.1 Å². The molecule has 0 unspecified atom stereocenters. The fourth-order valence-electron chi connectivity index (χ4n) is 6.56. The van der Waals surface area contributed by atoms with Crippen molar-refractivity contribution < 1.29 is 4.79 Å². The van der Waals surface area contributed by atoms with Crippen LogP contribution >= 0.6 is 0 Å². The van der Waals surface area contributed by atoms with Crippen molar-refractivity contribution >= 4 is 5.78 Å². The number of fused-ring (bicyclic) bond motifs is 1. The van der Waals surface area contributed by atoms with Crippen molar-refractivity contribution in [2.45, 2.75) is 62.8 Å². The molecule has 1 aromatic carbocycles. The largest absolute Gasteiger partial charge is 0.293 e. The minimum absolute atomic E-state index is 0.0955. The Hall–Kier alpha value is -2.08. The molecule has 146 valence electrons. The summed E-state index contributed by atoms with van der Waals surface area (Å²) in [4.78, 5) is 16.2. The number of nitrogens with one attached hydrogen (secondary N) is 1. The first-order valence-corrected chi connectivity index (χ1v) is 10.9. The molecule has 6 heteroatoms. The number of nitrogens with zero attached hydrogens (tertiary/aromatic N) is 4. The molecule has 2 bridgehead atoms. The van der Waals surface area contributed by atoms with Gasteiger partial charge in [-0.25, -0.2) is 0 Å². The minimum Gasteiger partial charge on any atom is -0.293 e. The van der Waals surface area contributed by atoms with Gasteiger partial charge in [0.05, 0.1) is 6.04 Å². The third kappa shape index (κ3) is 2.30. The number of aromatic amines is 1. The Kier molecular flexibility index (Phi) is 3.73. The molecule has 0 amide bonds. The minimum atomic E-state index is 0.0955. The van der Waals surface area contributed by atoms with Gasteiger partial charge in [0, 0.05) is 23.1 Å². The molecule has 2 heterocycles. The molecule has 28 heavy (non-hydrogen) atoms. The zero-order chi connectivity index (χ0) is 18.7. The highest BCUT2D eigenvalue weighted by Crippen LogP contribution is 2.56. The molecule has 6 rings (SSSR count). The van der Waals surface area contributed by atoms with Crippen LogP contribution in [-0.2, 0) is 5.41 Å². The highest BCUT2D eigenvalue weighted by Gasteiger charge is 2.57. The number of tetrazole rings is 1. The van der Waals surface area contributed by atoms with Gasteiger partial charge in [0.25, 0.3) is 0 Å². The number of carbonyl (C=O) groups excluding carboxylic acids is 1. The van der Waals surface area contributed by atoms with Gasteiger partial charge in [-0.1, -0.05) is 31.4 Å². The SMILES string of the molecule is O=C1c2ccc(-c3nn[nH]n3)cc2[C@@]23CCCC[C@H]2[C@H]1N(CC1CCC1)CC3. The molecule has 4 aliphatic rings. The van der Waals surface area contributed by atoms with Crippen molar-refractivity contribution in [2.75, 3.05) is 13.1 Å². The van der Waals surface area contributed by atoms with E-state index in [0.29, 0.717) is 17.5 Å². The van der Waals surface area contributed by atoms with Crippen LogP contribution in [0.25, 0.3) is 11.4 Å². The van der Waals surface area contributed by atoms with Gasteiger partial charge < -0.3 is 0 Å². The fourth-order valence-corrected chi connectivity index (χ4v) is 6.56. The molecule has 3 aliphatic carbocycles. The van der Waals surface area contributed by atoms with E-state index >= 15 is 0 Å². The molecule has 3 fully saturated rings. The van der Waals surface area contributed by atoms with Gasteiger partial charge in [-0.2, -0.15) is 5.21 Å². The van der Waals surface area contributed by atoms with Gasteiger partial charge in [-0.05, 0) is 67.3 Å². The molecule has 1 saturated heterocycles. The number of ketones is 1. The second kappa shape index (κ2) is 6.21. The number of Topliss-reactive ketones (excluding diaryl/α,β-unsaturated/α-hetero) is 1. The smallest absolute Gasteiger partial charge is 0.204 e. The first kappa shape index (κ1) is 16.8. The van der Waals surface area contributed by atoms with E-state index in [1.165, 1.54) is 56.9 Å². The van der Waals surface area contributed by atoms with Crippen LogP contribution in [0.1, 0.15) is 67.3 Å². The predicted octanol–water partition coefficient (Wildman–Crippen LogP) is 3.37. The summed E-state index contributed by atoms with van der Waals surface area (Å²) >= 11 is 0. The lowest BCUT2D eigenvalue weighted by Crippen LogP contribution is -2.64. The Morgan fingerprint density at radius 3 is 2.86 bits per heavy atom. The van der Waals surface area contributed by atoms with Gasteiger partial charge in [-0.15, -0.1) is 10.2 Å². The second-order valence-corrected chi connectivity index (χ2v) is 9.36. The van der Waals surface area contributed by atoms with E-state index in [9.17, 15) is 4.79 Å². The zero-order valence-electron chi connectivity index (χ0n) is 16.2. The van der Waals surface area contributed by atoms with Crippen molar-refractivity contribution in [3.63, 3.8) is 0 Å². The second-order valence-electron chi connectivity index (χ2n) is 9.36. The van der Waals surface area contributed by atoms with Crippen LogP contribution in [0, 0.1) is 11.8 Å². The van der Waals surface area contributed by atoms with Gasteiger partial charge in [0.2, 0.25) is 5.82 Å². The molecular weight excluding hydrogens is 350 g/mol. The highest BCUT2D eigenvalue weighted by atomic mass is 16.1. The van der Waals surface area contributed by atoms with Crippen LogP contribution in [0.5, 0.6) is 0 Å². The Balaban J connectivity index is 1.45. The summed E-state index contributed by atoms with van der Waals surface area (Å²) in [5.74, 6) is 2.25. The van der Waals surface area contributed by atoms with Crippen LogP contribution in [0.15, 0.2) is 18.2 Å². The summed E-state index contributed by atoms with van der Waals surface area (Å²) in [5, 5.41) is 14.6. The summed E-state index contributed by atoms with van der Waals surface area (Å²) in [6.45, 7) is 2.19. The van der Waals surface area contributed by atoms with Crippen LogP contribution in [0.3, 0.4) is 0 Å². The molecule has 2 aromatic rings. The summed E-state index contributed by atoms with van der Waals surface area (Å²) in [6.07, 6.45) is 10.2. The summed E-state index contributed by atoms with van der Waals surface area (Å²) in [6, 6.07) is 6.33. The fraction of sp³-hybridized carbons (Fsp3) is 0.636. The number of hydrogen-bond acceptors (Lipinski definition) is 5. The molecular formula is C22H27N5O. The van der Waals surface area contributed by atoms with Crippen LogP contribution < -0.4 is 0 Å². The topological polar surface area (TPSA) is 74.8 Å². The van der Waals surface area contributed by atoms with E-state index in [-0.39, 0.29) is 11.5 Å². The maximum absolute atomic E-state index is 13.7. The van der Waals surface area contributed by atoms with Gasteiger partial charge in [0.15, 0.2) is 5.78 Å². The van der Waals surface area contributed by atoms with E-state index in [1.54, 1.807) is 0 Å². The molecule has 0 radical (unpaired) electrons. The predicted molar refractivity (Wildman–Crippen MR) is 105 cm³/mol. The van der Waals surface area contributed by atoms with Crippen LogP contribution in [0.2, 0.25) is 0 Å². The van der Waals surface area contributed by atoms with E-state index < -0.39 is 0 Å². The molecule has 1 aromatic heterocycles. The number of hydrogen-bond donors (Lipinski definition) is 1. The van der Waals surface area contributed by atoms with Crippen LogP contribution in [-0.4, -0.2) is 50.4 Å². The third-order valence-electron chi connectivity index (χ3n) is 8.13. The van der Waals surface area contributed by atoms with Crippen LogP contribution in [0.4, 0.5) is 0 Å². The first-order chi connectivity index (χ1) is 13.8. The number of carbonyl (C=O) groups is 1. The molecule has 1 aliphatic heterocycles. The van der Waals surface area contributed by atoms with Crippen molar-refractivity contribution in [1.29, 1.82) is 0 Å². The first-order valence-electron chi connectivity index (χ1n) is 10.9. The summed E-state index contributed by atoms with van der Waals surface area (Å²) < 4.78 is 0. The molecule has 2 saturated carbocycles. The number of benzene rings is 1. The van der Waals surface area contributed by atoms with E-state index in [2.05, 4.69) is 31.6 Å². The quantitative estimate of drug-likeness (QED) is 0.888. The summed E-state index contributed by atoms with van der Waals surface area (Å²) in [7, 11) is 0. The van der Waals surface area contributed by atoms with Gasteiger partial charge in [0.1, 0.15) is 0 Å². The van der Waals surface area contributed by atoms with Crippen molar-refractivity contribution in [3.05, 3.63) is 29.3 Å². The lowest BCUT2D eigenvalue weighted by molar-refractivity contribution is -0.0134. The number of H-pyrrole nitrogens is 1. The maximum atomic E-state index is 13.7. The standard InChI is InChI=1S/C22H27N5O/c28-20-16-8-7-15(21-23-25-26-24-21)12-18(16)22-9-2-1-6-17(22)19(20)27(11-10-22)13-14-4-3-5-14/h7-8,12,14,17,19H,1-6,9-11,13H2,(H,23,24,25,26)/t17-,19+,22+/m0/s1. The lowest BCUT2D eigenvalue weighted by atomic mass is 9.52. The Morgan fingerprint density at radius 1 is 1.14 bits per heavy atom. The molecule has 1 N–H and O–H groups in total.